The summed E-state index contributed by atoms with van der Waals surface area (Å²) in [7, 11) is 0. The third-order valence-electron chi connectivity index (χ3n) is 2.24. The molecule has 0 aliphatic carbocycles. The van der Waals surface area contributed by atoms with E-state index in [1.165, 1.54) is 12.1 Å². The van der Waals surface area contributed by atoms with E-state index < -0.39 is 11.6 Å². The van der Waals surface area contributed by atoms with E-state index in [1.54, 1.807) is 18.2 Å². The van der Waals surface area contributed by atoms with Gasteiger partial charge in [-0.15, -0.1) is 0 Å². The van der Waals surface area contributed by atoms with E-state index in [9.17, 15) is 8.78 Å². The molecule has 0 saturated heterocycles. The molecule has 0 fully saturated rings. The summed E-state index contributed by atoms with van der Waals surface area (Å²) in [5.74, 6) is -1.23. The van der Waals surface area contributed by atoms with Crippen LogP contribution in [0.3, 0.4) is 0 Å². The topological polar surface area (TPSA) is 26.0 Å². The van der Waals surface area contributed by atoms with Gasteiger partial charge in [-0.2, -0.15) is 0 Å². The molecule has 0 heterocycles. The van der Waals surface area contributed by atoms with Crippen LogP contribution in [-0.4, -0.2) is 0 Å². The van der Waals surface area contributed by atoms with Gasteiger partial charge in [0.1, 0.15) is 11.6 Å². The lowest BCUT2D eigenvalue weighted by Gasteiger charge is -2.05. The Morgan fingerprint density at radius 3 is 2.38 bits per heavy atom. The van der Waals surface area contributed by atoms with Gasteiger partial charge in [-0.05, 0) is 29.8 Å². The van der Waals surface area contributed by atoms with Crippen molar-refractivity contribution in [3.05, 3.63) is 53.1 Å². The third-order valence-corrected chi connectivity index (χ3v) is 2.58. The monoisotopic (exact) mass is 239 g/mol. The van der Waals surface area contributed by atoms with E-state index in [0.717, 1.165) is 6.07 Å². The average Bonchev–Trinajstić information content (AvgIpc) is 2.22. The largest absolute Gasteiger partial charge is 0.398 e. The van der Waals surface area contributed by atoms with Gasteiger partial charge in [0.15, 0.2) is 0 Å². The van der Waals surface area contributed by atoms with Crippen molar-refractivity contribution in [2.45, 2.75) is 0 Å². The molecule has 4 heteroatoms. The Kier molecular flexibility index (Phi) is 2.79. The first kappa shape index (κ1) is 10.9. The third kappa shape index (κ3) is 1.99. The number of hydrogen-bond acceptors (Lipinski definition) is 1. The lowest BCUT2D eigenvalue weighted by molar-refractivity contribution is 0.585. The minimum Gasteiger partial charge on any atom is -0.398 e. The van der Waals surface area contributed by atoms with Crippen LogP contribution in [0.5, 0.6) is 0 Å². The maximum atomic E-state index is 13.5. The summed E-state index contributed by atoms with van der Waals surface area (Å²) in [6, 6.07) is 8.17. The van der Waals surface area contributed by atoms with E-state index in [4.69, 9.17) is 17.3 Å². The fourth-order valence-electron chi connectivity index (χ4n) is 1.43. The standard InChI is InChI=1S/C12H8ClF2N/c13-10-4-1-7(5-12(10)16)9-3-2-8(14)6-11(9)15/h1-6H,16H2. The predicted molar refractivity (Wildman–Crippen MR) is 61.2 cm³/mol. The minimum atomic E-state index is -0.623. The summed E-state index contributed by atoms with van der Waals surface area (Å²) < 4.78 is 26.2. The Hall–Kier alpha value is -1.61. The Labute approximate surface area is 96.5 Å². The van der Waals surface area contributed by atoms with Gasteiger partial charge in [-0.25, -0.2) is 8.78 Å². The van der Waals surface area contributed by atoms with Crippen LogP contribution >= 0.6 is 11.6 Å². The Bertz CT molecular complexity index is 541. The fourth-order valence-corrected chi connectivity index (χ4v) is 1.55. The molecule has 0 unspecified atom stereocenters. The van der Waals surface area contributed by atoms with Gasteiger partial charge < -0.3 is 5.73 Å². The molecule has 16 heavy (non-hydrogen) atoms. The molecule has 2 N–H and O–H groups in total. The van der Waals surface area contributed by atoms with E-state index in [0.29, 0.717) is 21.8 Å². The SMILES string of the molecule is Nc1cc(-c2ccc(F)cc2F)ccc1Cl. The molecular weight excluding hydrogens is 232 g/mol. The molecule has 0 aromatic heterocycles. The molecule has 0 amide bonds. The molecule has 0 atom stereocenters. The number of anilines is 1. The number of hydrogen-bond donors (Lipinski definition) is 1. The van der Waals surface area contributed by atoms with Crippen molar-refractivity contribution in [1.82, 2.24) is 0 Å². The van der Waals surface area contributed by atoms with Crippen molar-refractivity contribution in [2.75, 3.05) is 5.73 Å². The summed E-state index contributed by atoms with van der Waals surface area (Å²) in [6.07, 6.45) is 0. The minimum absolute atomic E-state index is 0.296. The first-order chi connectivity index (χ1) is 7.58. The quantitative estimate of drug-likeness (QED) is 0.751. The van der Waals surface area contributed by atoms with Crippen molar-refractivity contribution >= 4 is 17.3 Å². The second-order valence-electron chi connectivity index (χ2n) is 3.36. The van der Waals surface area contributed by atoms with Crippen LogP contribution in [0.25, 0.3) is 11.1 Å². The van der Waals surface area contributed by atoms with E-state index in [1.807, 2.05) is 0 Å². The number of benzene rings is 2. The number of rotatable bonds is 1. The van der Waals surface area contributed by atoms with Gasteiger partial charge in [0, 0.05) is 11.6 Å². The average molecular weight is 240 g/mol. The zero-order valence-corrected chi connectivity index (χ0v) is 8.93. The highest BCUT2D eigenvalue weighted by atomic mass is 35.5. The van der Waals surface area contributed by atoms with E-state index in [2.05, 4.69) is 0 Å². The molecule has 0 aliphatic rings. The van der Waals surface area contributed by atoms with Crippen molar-refractivity contribution in [3.8, 4) is 11.1 Å². The van der Waals surface area contributed by atoms with Gasteiger partial charge in [0.05, 0.1) is 10.7 Å². The van der Waals surface area contributed by atoms with Gasteiger partial charge in [-0.1, -0.05) is 17.7 Å². The summed E-state index contributed by atoms with van der Waals surface area (Å²) in [5, 5.41) is 0.409. The van der Waals surface area contributed by atoms with E-state index >= 15 is 0 Å². The molecule has 2 rings (SSSR count). The highest BCUT2D eigenvalue weighted by Crippen LogP contribution is 2.28. The van der Waals surface area contributed by atoms with Crippen molar-refractivity contribution in [1.29, 1.82) is 0 Å². The molecule has 0 bridgehead atoms. The van der Waals surface area contributed by atoms with Gasteiger partial charge >= 0.3 is 0 Å². The number of nitrogens with two attached hydrogens (primary N) is 1. The molecule has 0 aliphatic heterocycles. The Morgan fingerprint density at radius 2 is 1.75 bits per heavy atom. The van der Waals surface area contributed by atoms with Crippen LogP contribution in [0, 0.1) is 11.6 Å². The first-order valence-electron chi connectivity index (χ1n) is 4.58. The first-order valence-corrected chi connectivity index (χ1v) is 4.96. The van der Waals surface area contributed by atoms with Crippen LogP contribution in [0.15, 0.2) is 36.4 Å². The lowest BCUT2D eigenvalue weighted by atomic mass is 10.0. The number of nitrogen functional groups attached to an aromatic ring is 1. The summed E-state index contributed by atoms with van der Waals surface area (Å²) in [6.45, 7) is 0. The Balaban J connectivity index is 2.54. The van der Waals surface area contributed by atoms with Crippen molar-refractivity contribution in [3.63, 3.8) is 0 Å². The highest BCUT2D eigenvalue weighted by molar-refractivity contribution is 6.33. The van der Waals surface area contributed by atoms with Crippen LogP contribution in [0.1, 0.15) is 0 Å². The summed E-state index contributed by atoms with van der Waals surface area (Å²) >= 11 is 5.75. The van der Waals surface area contributed by atoms with Crippen LogP contribution in [0.4, 0.5) is 14.5 Å². The van der Waals surface area contributed by atoms with Crippen LogP contribution in [0.2, 0.25) is 5.02 Å². The molecule has 2 aromatic rings. The van der Waals surface area contributed by atoms with Gasteiger partial charge in [-0.3, -0.25) is 0 Å². The second-order valence-corrected chi connectivity index (χ2v) is 3.77. The number of halogens is 3. The second kappa shape index (κ2) is 4.10. The van der Waals surface area contributed by atoms with Crippen molar-refractivity contribution in [2.24, 2.45) is 0 Å². The van der Waals surface area contributed by atoms with Crippen molar-refractivity contribution < 1.29 is 8.78 Å². The predicted octanol–water partition coefficient (Wildman–Crippen LogP) is 3.87. The zero-order chi connectivity index (χ0) is 11.7. The maximum absolute atomic E-state index is 13.5. The molecule has 1 nitrogen and oxygen atoms in total. The molecule has 82 valence electrons. The fraction of sp³-hybridized carbons (Fsp3) is 0. The van der Waals surface area contributed by atoms with Crippen LogP contribution in [-0.2, 0) is 0 Å². The summed E-state index contributed by atoms with van der Waals surface area (Å²) in [4.78, 5) is 0. The highest BCUT2D eigenvalue weighted by Gasteiger charge is 2.07. The normalized spacial score (nSPS) is 10.4. The van der Waals surface area contributed by atoms with E-state index in [-0.39, 0.29) is 0 Å². The van der Waals surface area contributed by atoms with Gasteiger partial charge in [0.2, 0.25) is 0 Å². The molecule has 0 spiro atoms. The molecule has 0 radical (unpaired) electrons. The maximum Gasteiger partial charge on any atom is 0.133 e. The molecular formula is C12H8ClF2N. The van der Waals surface area contributed by atoms with Crippen LogP contribution < -0.4 is 5.73 Å². The summed E-state index contributed by atoms with van der Waals surface area (Å²) in [5.41, 5.74) is 6.84. The smallest absolute Gasteiger partial charge is 0.133 e. The molecule has 2 aromatic carbocycles. The van der Waals surface area contributed by atoms with Gasteiger partial charge in [0.25, 0.3) is 0 Å². The zero-order valence-electron chi connectivity index (χ0n) is 8.18. The lowest BCUT2D eigenvalue weighted by Crippen LogP contribution is -1.90. The Morgan fingerprint density at radius 1 is 1.00 bits per heavy atom. The molecule has 0 saturated carbocycles.